The van der Waals surface area contributed by atoms with E-state index in [9.17, 15) is 15.3 Å². The Labute approximate surface area is 125 Å². The molecule has 0 saturated heterocycles. The van der Waals surface area contributed by atoms with E-state index in [0.717, 1.165) is 16.7 Å². The molecule has 0 aliphatic heterocycles. The average Bonchev–Trinajstić information content (AvgIpc) is 2.48. The van der Waals surface area contributed by atoms with E-state index in [1.807, 2.05) is 32.9 Å². The summed E-state index contributed by atoms with van der Waals surface area (Å²) in [5, 5.41) is 31.1. The zero-order valence-electron chi connectivity index (χ0n) is 12.8. The summed E-state index contributed by atoms with van der Waals surface area (Å²) in [6.45, 7) is 5.84. The highest BCUT2D eigenvalue weighted by Gasteiger charge is 2.23. The van der Waals surface area contributed by atoms with Crippen LogP contribution in [0.2, 0.25) is 0 Å². The molecule has 2 aromatic carbocycles. The first-order chi connectivity index (χ1) is 10.1. The third-order valence-corrected chi connectivity index (χ3v) is 3.98. The van der Waals surface area contributed by atoms with Crippen molar-refractivity contribution in [2.24, 2.45) is 0 Å². The van der Waals surface area contributed by atoms with E-state index >= 15 is 0 Å². The number of phenolic OH excluding ortho intramolecular Hbond substituents is 3. The second kappa shape index (κ2) is 6.08. The van der Waals surface area contributed by atoms with Crippen LogP contribution in [0, 0.1) is 0 Å². The molecule has 112 valence electrons. The van der Waals surface area contributed by atoms with Crippen molar-refractivity contribution in [3.63, 3.8) is 0 Å². The first-order valence-corrected chi connectivity index (χ1v) is 7.43. The quantitative estimate of drug-likeness (QED) is 0.791. The van der Waals surface area contributed by atoms with Gasteiger partial charge in [-0.15, -0.1) is 0 Å². The number of phenols is 3. The lowest BCUT2D eigenvalue weighted by Gasteiger charge is -2.20. The van der Waals surface area contributed by atoms with Gasteiger partial charge < -0.3 is 15.3 Å². The highest BCUT2D eigenvalue weighted by atomic mass is 16.3. The first-order valence-electron chi connectivity index (χ1n) is 7.43. The van der Waals surface area contributed by atoms with Crippen LogP contribution in [-0.4, -0.2) is 15.3 Å². The fourth-order valence-electron chi connectivity index (χ4n) is 2.93. The van der Waals surface area contributed by atoms with Gasteiger partial charge in [-0.1, -0.05) is 39.0 Å². The average molecular weight is 286 g/mol. The van der Waals surface area contributed by atoms with Gasteiger partial charge >= 0.3 is 0 Å². The van der Waals surface area contributed by atoms with E-state index in [1.165, 1.54) is 0 Å². The Morgan fingerprint density at radius 2 is 1.19 bits per heavy atom. The van der Waals surface area contributed by atoms with Crippen LogP contribution in [-0.2, 0) is 19.3 Å². The molecule has 3 nitrogen and oxygen atoms in total. The molecule has 0 unspecified atom stereocenters. The van der Waals surface area contributed by atoms with Gasteiger partial charge in [0.2, 0.25) is 0 Å². The van der Waals surface area contributed by atoms with Gasteiger partial charge in [-0.3, -0.25) is 0 Å². The lowest BCUT2D eigenvalue weighted by Crippen LogP contribution is -2.00. The van der Waals surface area contributed by atoms with Crippen LogP contribution >= 0.6 is 0 Å². The number of aromatic hydroxyl groups is 3. The van der Waals surface area contributed by atoms with Crippen molar-refractivity contribution in [3.8, 4) is 28.4 Å². The molecule has 0 saturated carbocycles. The Hall–Kier alpha value is -2.16. The predicted molar refractivity (Wildman–Crippen MR) is 85.0 cm³/mol. The molecule has 2 rings (SSSR count). The van der Waals surface area contributed by atoms with E-state index in [2.05, 4.69) is 0 Å². The van der Waals surface area contributed by atoms with Gasteiger partial charge in [0, 0.05) is 22.3 Å². The van der Waals surface area contributed by atoms with Gasteiger partial charge in [0.25, 0.3) is 0 Å². The van der Waals surface area contributed by atoms with E-state index in [-0.39, 0.29) is 17.2 Å². The molecule has 0 radical (unpaired) electrons. The van der Waals surface area contributed by atoms with Gasteiger partial charge in [0.15, 0.2) is 0 Å². The largest absolute Gasteiger partial charge is 0.507 e. The summed E-state index contributed by atoms with van der Waals surface area (Å²) in [4.78, 5) is 0. The van der Waals surface area contributed by atoms with Crippen LogP contribution < -0.4 is 0 Å². The molecule has 0 heterocycles. The van der Waals surface area contributed by atoms with Crippen LogP contribution in [0.4, 0.5) is 0 Å². The molecular formula is C18H22O3. The van der Waals surface area contributed by atoms with Crippen molar-refractivity contribution in [1.82, 2.24) is 0 Å². The Morgan fingerprint density at radius 1 is 0.714 bits per heavy atom. The topological polar surface area (TPSA) is 60.7 Å². The Kier molecular flexibility index (Phi) is 4.41. The van der Waals surface area contributed by atoms with E-state index in [0.29, 0.717) is 30.4 Å². The van der Waals surface area contributed by atoms with Crippen molar-refractivity contribution in [3.05, 3.63) is 41.0 Å². The van der Waals surface area contributed by atoms with Crippen LogP contribution in [0.25, 0.3) is 11.1 Å². The minimum Gasteiger partial charge on any atom is -0.507 e. The first kappa shape index (κ1) is 15.2. The van der Waals surface area contributed by atoms with Crippen LogP contribution in [0.15, 0.2) is 24.3 Å². The smallest absolute Gasteiger partial charge is 0.126 e. The zero-order valence-corrected chi connectivity index (χ0v) is 12.8. The molecule has 0 atom stereocenters. The van der Waals surface area contributed by atoms with Gasteiger partial charge in [-0.05, 0) is 30.9 Å². The number of rotatable bonds is 4. The monoisotopic (exact) mass is 286 g/mol. The molecule has 0 aromatic heterocycles. The number of hydrogen-bond donors (Lipinski definition) is 3. The number of para-hydroxylation sites is 1. The normalized spacial score (nSPS) is 10.8. The van der Waals surface area contributed by atoms with Crippen molar-refractivity contribution in [2.75, 3.05) is 0 Å². The molecule has 2 aromatic rings. The number of benzene rings is 2. The highest BCUT2D eigenvalue weighted by molar-refractivity contribution is 5.81. The minimum atomic E-state index is 0.146. The third kappa shape index (κ3) is 2.44. The third-order valence-electron chi connectivity index (χ3n) is 3.98. The molecule has 0 aliphatic rings. The standard InChI is InChI=1S/C18H22O3/c1-4-11-16(14-9-7-8-10-15(14)19)12(5-2)18(21)13(6-3)17(11)20/h7-10,19-21H,4-6H2,1-3H3. The van der Waals surface area contributed by atoms with Crippen LogP contribution in [0.5, 0.6) is 17.2 Å². The summed E-state index contributed by atoms with van der Waals surface area (Å²) in [7, 11) is 0. The second-order valence-electron chi connectivity index (χ2n) is 5.09. The highest BCUT2D eigenvalue weighted by Crippen LogP contribution is 2.45. The fraction of sp³-hybridized carbons (Fsp3) is 0.333. The summed E-state index contributed by atoms with van der Waals surface area (Å²) >= 11 is 0. The Balaban J connectivity index is 2.91. The van der Waals surface area contributed by atoms with Crippen molar-refractivity contribution >= 4 is 0 Å². The molecule has 3 N–H and O–H groups in total. The summed E-state index contributed by atoms with van der Waals surface area (Å²) in [5.74, 6) is 0.450. The van der Waals surface area contributed by atoms with E-state index in [4.69, 9.17) is 0 Å². The van der Waals surface area contributed by atoms with Crippen LogP contribution in [0.1, 0.15) is 37.5 Å². The lowest BCUT2D eigenvalue weighted by molar-refractivity contribution is 0.432. The van der Waals surface area contributed by atoms with Crippen molar-refractivity contribution in [2.45, 2.75) is 40.0 Å². The number of hydrogen-bond acceptors (Lipinski definition) is 3. The molecule has 0 aliphatic carbocycles. The maximum Gasteiger partial charge on any atom is 0.126 e. The summed E-state index contributed by atoms with van der Waals surface area (Å²) < 4.78 is 0. The Morgan fingerprint density at radius 3 is 1.62 bits per heavy atom. The maximum atomic E-state index is 10.5. The molecule has 0 bridgehead atoms. The van der Waals surface area contributed by atoms with Gasteiger partial charge in [-0.25, -0.2) is 0 Å². The lowest BCUT2D eigenvalue weighted by atomic mass is 9.87. The molecule has 0 spiro atoms. The summed E-state index contributed by atoms with van der Waals surface area (Å²) in [6.07, 6.45) is 1.84. The summed E-state index contributed by atoms with van der Waals surface area (Å²) in [5.41, 5.74) is 3.55. The van der Waals surface area contributed by atoms with Crippen molar-refractivity contribution in [1.29, 1.82) is 0 Å². The molecule has 21 heavy (non-hydrogen) atoms. The zero-order chi connectivity index (χ0) is 15.6. The molecular weight excluding hydrogens is 264 g/mol. The summed E-state index contributed by atoms with van der Waals surface area (Å²) in [6, 6.07) is 7.04. The molecule has 0 amide bonds. The predicted octanol–water partition coefficient (Wildman–Crippen LogP) is 4.16. The maximum absolute atomic E-state index is 10.5. The second-order valence-corrected chi connectivity index (χ2v) is 5.09. The molecule has 0 fully saturated rings. The fourth-order valence-corrected chi connectivity index (χ4v) is 2.93. The van der Waals surface area contributed by atoms with Gasteiger partial charge in [-0.2, -0.15) is 0 Å². The van der Waals surface area contributed by atoms with Gasteiger partial charge in [0.1, 0.15) is 17.2 Å². The Bertz CT molecular complexity index is 629. The minimum absolute atomic E-state index is 0.146. The van der Waals surface area contributed by atoms with E-state index in [1.54, 1.807) is 12.1 Å². The molecule has 3 heteroatoms. The SMILES string of the molecule is CCc1c(O)c(CC)c(-c2ccccc2O)c(CC)c1O. The van der Waals surface area contributed by atoms with E-state index < -0.39 is 0 Å². The van der Waals surface area contributed by atoms with Crippen molar-refractivity contribution < 1.29 is 15.3 Å². The van der Waals surface area contributed by atoms with Crippen LogP contribution in [0.3, 0.4) is 0 Å². The van der Waals surface area contributed by atoms with Gasteiger partial charge in [0.05, 0.1) is 0 Å².